The first-order valence-corrected chi connectivity index (χ1v) is 8.32. The van der Waals surface area contributed by atoms with E-state index in [1.54, 1.807) is 11.3 Å². The quantitative estimate of drug-likeness (QED) is 0.887. The van der Waals surface area contributed by atoms with Crippen molar-refractivity contribution in [3.63, 3.8) is 0 Å². The van der Waals surface area contributed by atoms with Crippen molar-refractivity contribution in [2.24, 2.45) is 0 Å². The van der Waals surface area contributed by atoms with Gasteiger partial charge in [-0.1, -0.05) is 6.92 Å². The van der Waals surface area contributed by atoms with Crippen LogP contribution in [0.2, 0.25) is 0 Å². The molecular formula is C15H24N4S. The second-order valence-corrected chi connectivity index (χ2v) is 7.19. The second kappa shape index (κ2) is 5.04. The summed E-state index contributed by atoms with van der Waals surface area (Å²) in [5, 5.41) is 5.73. The smallest absolute Gasteiger partial charge is 0.195 e. The van der Waals surface area contributed by atoms with Gasteiger partial charge in [0.15, 0.2) is 10.8 Å². The summed E-state index contributed by atoms with van der Waals surface area (Å²) in [6.07, 6.45) is 5.87. The Balaban J connectivity index is 1.95. The third kappa shape index (κ3) is 2.44. The summed E-state index contributed by atoms with van der Waals surface area (Å²) in [6.45, 7) is 7.69. The van der Waals surface area contributed by atoms with Gasteiger partial charge in [-0.15, -0.1) is 11.3 Å². The van der Waals surface area contributed by atoms with Gasteiger partial charge in [0.25, 0.3) is 0 Å². The van der Waals surface area contributed by atoms with Gasteiger partial charge in [0.05, 0.1) is 5.69 Å². The molecule has 0 spiro atoms. The standard InChI is InChI=1S/C15H24N4S/c1-5-15(2,3)18(4)13-12(10-16-11-6-7-11)19-8-9-20-14(19)17-13/h8-9,11,16H,5-7,10H2,1-4H3. The van der Waals surface area contributed by atoms with E-state index in [-0.39, 0.29) is 5.54 Å². The molecule has 1 N–H and O–H groups in total. The van der Waals surface area contributed by atoms with Crippen molar-refractivity contribution < 1.29 is 0 Å². The molecule has 2 aromatic rings. The fourth-order valence-corrected chi connectivity index (χ4v) is 3.03. The first-order valence-electron chi connectivity index (χ1n) is 7.44. The zero-order valence-corrected chi connectivity index (χ0v) is 13.6. The van der Waals surface area contributed by atoms with Crippen LogP contribution >= 0.6 is 11.3 Å². The summed E-state index contributed by atoms with van der Waals surface area (Å²) in [5.41, 5.74) is 1.41. The first kappa shape index (κ1) is 13.9. The molecule has 110 valence electrons. The Bertz CT molecular complexity index is 594. The Kier molecular flexibility index (Phi) is 3.50. The van der Waals surface area contributed by atoms with Crippen molar-refractivity contribution in [3.05, 3.63) is 17.3 Å². The molecule has 0 unspecified atom stereocenters. The number of hydrogen-bond donors (Lipinski definition) is 1. The molecule has 20 heavy (non-hydrogen) atoms. The summed E-state index contributed by atoms with van der Waals surface area (Å²) in [4.78, 5) is 8.27. The highest BCUT2D eigenvalue weighted by Gasteiger charge is 2.28. The van der Waals surface area contributed by atoms with Gasteiger partial charge < -0.3 is 10.2 Å². The van der Waals surface area contributed by atoms with Crippen LogP contribution in [0.15, 0.2) is 11.6 Å². The zero-order valence-electron chi connectivity index (χ0n) is 12.8. The Morgan fingerprint density at radius 2 is 2.25 bits per heavy atom. The van der Waals surface area contributed by atoms with E-state index < -0.39 is 0 Å². The maximum atomic E-state index is 4.85. The van der Waals surface area contributed by atoms with Crippen molar-refractivity contribution >= 4 is 22.1 Å². The molecule has 1 fully saturated rings. The molecule has 0 radical (unpaired) electrons. The maximum absolute atomic E-state index is 4.85. The molecule has 5 heteroatoms. The minimum Gasteiger partial charge on any atom is -0.353 e. The van der Waals surface area contributed by atoms with Crippen molar-refractivity contribution in [2.45, 2.75) is 58.2 Å². The number of rotatable bonds is 6. The van der Waals surface area contributed by atoms with Gasteiger partial charge >= 0.3 is 0 Å². The highest BCUT2D eigenvalue weighted by molar-refractivity contribution is 7.15. The third-order valence-corrected chi connectivity index (χ3v) is 5.32. The summed E-state index contributed by atoms with van der Waals surface area (Å²) < 4.78 is 2.23. The average Bonchev–Trinajstić information content (AvgIpc) is 3.03. The fourth-order valence-electron chi connectivity index (χ4n) is 2.31. The lowest BCUT2D eigenvalue weighted by molar-refractivity contribution is 0.466. The van der Waals surface area contributed by atoms with Crippen molar-refractivity contribution in [1.82, 2.24) is 14.7 Å². The molecular weight excluding hydrogens is 268 g/mol. The van der Waals surface area contributed by atoms with Crippen LogP contribution in [0.3, 0.4) is 0 Å². The van der Waals surface area contributed by atoms with Crippen molar-refractivity contribution in [2.75, 3.05) is 11.9 Å². The topological polar surface area (TPSA) is 32.6 Å². The van der Waals surface area contributed by atoms with E-state index in [2.05, 4.69) is 54.0 Å². The molecule has 0 atom stereocenters. The van der Waals surface area contributed by atoms with Gasteiger partial charge in [0.2, 0.25) is 0 Å². The second-order valence-electron chi connectivity index (χ2n) is 6.32. The number of fused-ring (bicyclic) bond motifs is 1. The molecule has 4 nitrogen and oxygen atoms in total. The number of anilines is 1. The number of hydrogen-bond acceptors (Lipinski definition) is 4. The Morgan fingerprint density at radius 3 is 2.90 bits per heavy atom. The normalized spacial score (nSPS) is 16.0. The number of thiazole rings is 1. The predicted octanol–water partition coefficient (Wildman–Crippen LogP) is 3.27. The Hall–Kier alpha value is -1.07. The lowest BCUT2D eigenvalue weighted by Crippen LogP contribution is -2.41. The Morgan fingerprint density at radius 1 is 1.50 bits per heavy atom. The minimum absolute atomic E-state index is 0.123. The average molecular weight is 292 g/mol. The molecule has 0 bridgehead atoms. The van der Waals surface area contributed by atoms with Crippen LogP contribution in [0.5, 0.6) is 0 Å². The molecule has 0 aromatic carbocycles. The molecule has 0 amide bonds. The first-order chi connectivity index (χ1) is 9.53. The molecule has 3 rings (SSSR count). The van der Waals surface area contributed by atoms with Gasteiger partial charge in [-0.25, -0.2) is 4.98 Å². The molecule has 2 aromatic heterocycles. The molecule has 0 aliphatic heterocycles. The third-order valence-electron chi connectivity index (χ3n) is 4.57. The molecule has 0 saturated heterocycles. The van der Waals surface area contributed by atoms with E-state index in [9.17, 15) is 0 Å². The van der Waals surface area contributed by atoms with E-state index >= 15 is 0 Å². The minimum atomic E-state index is 0.123. The largest absolute Gasteiger partial charge is 0.353 e. The lowest BCUT2D eigenvalue weighted by Gasteiger charge is -2.35. The summed E-state index contributed by atoms with van der Waals surface area (Å²) in [5.74, 6) is 1.12. The van der Waals surface area contributed by atoms with Crippen LogP contribution in [0.25, 0.3) is 4.96 Å². The van der Waals surface area contributed by atoms with E-state index in [1.165, 1.54) is 18.5 Å². The van der Waals surface area contributed by atoms with Crippen LogP contribution in [0.4, 0.5) is 5.82 Å². The molecule has 2 heterocycles. The summed E-state index contributed by atoms with van der Waals surface area (Å²) in [6, 6.07) is 0.719. The highest BCUT2D eigenvalue weighted by atomic mass is 32.1. The van der Waals surface area contributed by atoms with Gasteiger partial charge in [-0.05, 0) is 33.1 Å². The highest BCUT2D eigenvalue weighted by Crippen LogP contribution is 2.30. The number of imidazole rings is 1. The monoisotopic (exact) mass is 292 g/mol. The van der Waals surface area contributed by atoms with Crippen LogP contribution in [0, 0.1) is 0 Å². The van der Waals surface area contributed by atoms with Crippen molar-refractivity contribution in [3.8, 4) is 0 Å². The van der Waals surface area contributed by atoms with Crippen LogP contribution in [-0.2, 0) is 6.54 Å². The lowest BCUT2D eigenvalue weighted by atomic mass is 10.00. The van der Waals surface area contributed by atoms with Crippen LogP contribution < -0.4 is 10.2 Å². The number of nitrogens with zero attached hydrogens (tertiary/aromatic N) is 3. The molecule has 1 saturated carbocycles. The number of aromatic nitrogens is 2. The van der Waals surface area contributed by atoms with Gasteiger partial charge in [-0.2, -0.15) is 0 Å². The maximum Gasteiger partial charge on any atom is 0.195 e. The van der Waals surface area contributed by atoms with E-state index in [1.807, 2.05) is 0 Å². The molecule has 1 aliphatic carbocycles. The van der Waals surface area contributed by atoms with E-state index in [4.69, 9.17) is 4.98 Å². The van der Waals surface area contributed by atoms with Gasteiger partial charge in [-0.3, -0.25) is 4.40 Å². The van der Waals surface area contributed by atoms with Crippen molar-refractivity contribution in [1.29, 1.82) is 0 Å². The summed E-state index contributed by atoms with van der Waals surface area (Å²) >= 11 is 1.71. The van der Waals surface area contributed by atoms with Gasteiger partial charge in [0, 0.05) is 36.8 Å². The number of nitrogens with one attached hydrogen (secondary N) is 1. The fraction of sp³-hybridized carbons (Fsp3) is 0.667. The predicted molar refractivity (Wildman–Crippen MR) is 85.7 cm³/mol. The molecule has 1 aliphatic rings. The Labute approximate surface area is 124 Å². The van der Waals surface area contributed by atoms with E-state index in [0.29, 0.717) is 0 Å². The summed E-state index contributed by atoms with van der Waals surface area (Å²) in [7, 11) is 2.16. The van der Waals surface area contributed by atoms with Crippen LogP contribution in [0.1, 0.15) is 45.7 Å². The van der Waals surface area contributed by atoms with Crippen LogP contribution in [-0.4, -0.2) is 28.0 Å². The zero-order chi connectivity index (χ0) is 14.3. The SMILES string of the molecule is CCC(C)(C)N(C)c1nc2sccn2c1CNC1CC1. The van der Waals surface area contributed by atoms with E-state index in [0.717, 1.165) is 29.8 Å². The van der Waals surface area contributed by atoms with Gasteiger partial charge in [0.1, 0.15) is 0 Å².